The number of nitrogens with zero attached hydrogens (tertiary/aromatic N) is 2. The third kappa shape index (κ3) is 6.36. The maximum Gasteiger partial charge on any atom is 0.224 e. The Kier molecular flexibility index (Phi) is 6.32. The van der Waals surface area contributed by atoms with E-state index in [9.17, 15) is 9.59 Å². The number of benzene rings is 1. The van der Waals surface area contributed by atoms with Gasteiger partial charge in [0, 0.05) is 51.9 Å². The van der Waals surface area contributed by atoms with Crippen LogP contribution in [0.3, 0.4) is 0 Å². The molecular weight excluding hydrogens is 326 g/mol. The first kappa shape index (κ1) is 20.3. The fraction of sp³-hybridized carbons (Fsp3) is 0.619. The largest absolute Gasteiger partial charge is 0.377 e. The third-order valence-corrected chi connectivity index (χ3v) is 4.52. The monoisotopic (exact) mass is 359 g/mol. The summed E-state index contributed by atoms with van der Waals surface area (Å²) in [5.41, 5.74) is 2.86. The van der Waals surface area contributed by atoms with E-state index >= 15 is 0 Å². The molecule has 0 radical (unpaired) electrons. The van der Waals surface area contributed by atoms with E-state index in [0.29, 0.717) is 18.9 Å². The van der Waals surface area contributed by atoms with Crippen molar-refractivity contribution < 1.29 is 9.59 Å². The minimum absolute atomic E-state index is 0.0162. The highest BCUT2D eigenvalue weighted by Gasteiger charge is 2.26. The van der Waals surface area contributed by atoms with Crippen molar-refractivity contribution in [1.29, 1.82) is 0 Å². The van der Waals surface area contributed by atoms with Crippen LogP contribution in [0.15, 0.2) is 18.2 Å². The molecule has 5 nitrogen and oxygen atoms in total. The fourth-order valence-electron chi connectivity index (χ4n) is 3.04. The van der Waals surface area contributed by atoms with Gasteiger partial charge >= 0.3 is 0 Å². The van der Waals surface area contributed by atoms with Gasteiger partial charge in [0.1, 0.15) is 0 Å². The summed E-state index contributed by atoms with van der Waals surface area (Å²) in [4.78, 5) is 28.3. The van der Waals surface area contributed by atoms with Gasteiger partial charge in [-0.25, -0.2) is 0 Å². The van der Waals surface area contributed by atoms with Gasteiger partial charge in [0.05, 0.1) is 0 Å². The Morgan fingerprint density at radius 3 is 2.35 bits per heavy atom. The molecule has 0 aliphatic heterocycles. The lowest BCUT2D eigenvalue weighted by atomic mass is 9.92. The van der Waals surface area contributed by atoms with Crippen molar-refractivity contribution >= 4 is 23.2 Å². The van der Waals surface area contributed by atoms with E-state index in [4.69, 9.17) is 0 Å². The van der Waals surface area contributed by atoms with Crippen molar-refractivity contribution in [2.75, 3.05) is 30.9 Å². The van der Waals surface area contributed by atoms with Gasteiger partial charge in [0.15, 0.2) is 0 Å². The summed E-state index contributed by atoms with van der Waals surface area (Å²) < 4.78 is 0. The summed E-state index contributed by atoms with van der Waals surface area (Å²) in [5.74, 6) is 0.766. The topological polar surface area (TPSA) is 52.7 Å². The number of hydrogen-bond acceptors (Lipinski definition) is 3. The van der Waals surface area contributed by atoms with Crippen molar-refractivity contribution in [3.8, 4) is 0 Å². The summed E-state index contributed by atoms with van der Waals surface area (Å²) >= 11 is 0. The molecule has 0 aromatic heterocycles. The number of hydrogen-bond donors (Lipinski definition) is 1. The molecule has 1 fully saturated rings. The molecular formula is C21H33N3O2. The molecule has 0 unspecified atom stereocenters. The summed E-state index contributed by atoms with van der Waals surface area (Å²) in [6.45, 7) is 9.18. The van der Waals surface area contributed by atoms with Crippen LogP contribution in [0.25, 0.3) is 0 Å². The Morgan fingerprint density at radius 2 is 1.85 bits per heavy atom. The molecule has 0 saturated heterocycles. The van der Waals surface area contributed by atoms with Crippen molar-refractivity contribution in [3.05, 3.63) is 23.8 Å². The van der Waals surface area contributed by atoms with Crippen molar-refractivity contribution in [2.45, 2.75) is 53.5 Å². The molecule has 0 atom stereocenters. The smallest absolute Gasteiger partial charge is 0.224 e. The highest BCUT2D eigenvalue weighted by Crippen LogP contribution is 2.31. The second kappa shape index (κ2) is 8.11. The number of rotatable bonds is 7. The summed E-state index contributed by atoms with van der Waals surface area (Å²) in [7, 11) is 3.99. The van der Waals surface area contributed by atoms with Crippen molar-refractivity contribution in [2.24, 2.45) is 11.3 Å². The van der Waals surface area contributed by atoms with Crippen LogP contribution in [0.5, 0.6) is 0 Å². The standard InChI is InChI=1S/C21H33N3O2/c1-15(25)24(13-16-7-8-16)14-17-11-18(9-10-19(17)23(5)6)22-20(26)12-21(2,3)4/h9-11,16H,7-8,12-14H2,1-6H3,(H,22,26). The molecule has 0 heterocycles. The lowest BCUT2D eigenvalue weighted by molar-refractivity contribution is -0.129. The first-order chi connectivity index (χ1) is 12.0. The van der Waals surface area contributed by atoms with Gasteiger partial charge in [0.25, 0.3) is 0 Å². The van der Waals surface area contributed by atoms with Gasteiger partial charge in [-0.3, -0.25) is 9.59 Å². The zero-order valence-corrected chi connectivity index (χ0v) is 17.1. The highest BCUT2D eigenvalue weighted by molar-refractivity contribution is 5.91. The second-order valence-corrected chi connectivity index (χ2v) is 8.87. The molecule has 0 bridgehead atoms. The van der Waals surface area contributed by atoms with E-state index < -0.39 is 0 Å². The van der Waals surface area contributed by atoms with Crippen LogP contribution in [-0.2, 0) is 16.1 Å². The third-order valence-electron chi connectivity index (χ3n) is 4.52. The Hall–Kier alpha value is -2.04. The molecule has 26 heavy (non-hydrogen) atoms. The lowest BCUT2D eigenvalue weighted by Gasteiger charge is -2.25. The SMILES string of the molecule is CC(=O)N(Cc1cc(NC(=O)CC(C)(C)C)ccc1N(C)C)CC1CC1. The average molecular weight is 360 g/mol. The minimum atomic E-state index is -0.0494. The Labute approximate surface area is 157 Å². The Bertz CT molecular complexity index is 658. The Balaban J connectivity index is 2.18. The van der Waals surface area contributed by atoms with Gasteiger partial charge in [-0.1, -0.05) is 20.8 Å². The molecule has 1 N–H and O–H groups in total. The number of nitrogens with one attached hydrogen (secondary N) is 1. The van der Waals surface area contributed by atoms with Crippen LogP contribution in [0.1, 0.15) is 52.5 Å². The van der Waals surface area contributed by atoms with Crippen molar-refractivity contribution in [3.63, 3.8) is 0 Å². The second-order valence-electron chi connectivity index (χ2n) is 8.87. The van der Waals surface area contributed by atoms with Crippen LogP contribution in [0.4, 0.5) is 11.4 Å². The summed E-state index contributed by atoms with van der Waals surface area (Å²) in [6.07, 6.45) is 2.90. The normalized spacial score (nSPS) is 14.1. The summed E-state index contributed by atoms with van der Waals surface area (Å²) in [5, 5.41) is 3.00. The molecule has 2 amide bonds. The average Bonchev–Trinajstić information content (AvgIpc) is 3.28. The van der Waals surface area contributed by atoms with Gasteiger partial charge < -0.3 is 15.1 Å². The van der Waals surface area contributed by atoms with Crippen molar-refractivity contribution in [1.82, 2.24) is 4.90 Å². The number of amides is 2. The molecule has 0 spiro atoms. The van der Waals surface area contributed by atoms with Crippen LogP contribution in [0, 0.1) is 11.3 Å². The van der Waals surface area contributed by atoms with Gasteiger partial charge in [-0.15, -0.1) is 0 Å². The highest BCUT2D eigenvalue weighted by atomic mass is 16.2. The quantitative estimate of drug-likeness (QED) is 0.804. The van der Waals surface area contributed by atoms with E-state index in [1.807, 2.05) is 42.1 Å². The van der Waals surface area contributed by atoms with Crippen LogP contribution in [0.2, 0.25) is 0 Å². The zero-order valence-electron chi connectivity index (χ0n) is 17.1. The first-order valence-electron chi connectivity index (χ1n) is 9.41. The predicted molar refractivity (Wildman–Crippen MR) is 107 cm³/mol. The predicted octanol–water partition coefficient (Wildman–Crippen LogP) is 3.89. The van der Waals surface area contributed by atoms with Crippen LogP contribution >= 0.6 is 0 Å². The van der Waals surface area contributed by atoms with Crippen LogP contribution in [-0.4, -0.2) is 37.4 Å². The minimum Gasteiger partial charge on any atom is -0.377 e. The van der Waals surface area contributed by atoms with E-state index in [0.717, 1.165) is 23.5 Å². The molecule has 1 aliphatic carbocycles. The molecule has 1 saturated carbocycles. The lowest BCUT2D eigenvalue weighted by Crippen LogP contribution is -2.31. The maximum atomic E-state index is 12.3. The van der Waals surface area contributed by atoms with E-state index in [2.05, 4.69) is 26.1 Å². The zero-order chi connectivity index (χ0) is 19.5. The summed E-state index contributed by atoms with van der Waals surface area (Å²) in [6, 6.07) is 5.94. The van der Waals surface area contributed by atoms with E-state index in [1.165, 1.54) is 12.8 Å². The molecule has 1 aromatic carbocycles. The van der Waals surface area contributed by atoms with Crippen LogP contribution < -0.4 is 10.2 Å². The molecule has 1 aliphatic rings. The molecule has 2 rings (SSSR count). The Morgan fingerprint density at radius 1 is 1.19 bits per heavy atom. The van der Waals surface area contributed by atoms with E-state index in [-0.39, 0.29) is 17.2 Å². The number of carbonyl (C=O) groups is 2. The van der Waals surface area contributed by atoms with Gasteiger partial charge in [0.2, 0.25) is 11.8 Å². The molecule has 5 heteroatoms. The number of carbonyl (C=O) groups excluding carboxylic acids is 2. The van der Waals surface area contributed by atoms with Gasteiger partial charge in [-0.05, 0) is 47.9 Å². The number of anilines is 2. The maximum absolute atomic E-state index is 12.3. The van der Waals surface area contributed by atoms with Gasteiger partial charge in [-0.2, -0.15) is 0 Å². The first-order valence-corrected chi connectivity index (χ1v) is 9.41. The fourth-order valence-corrected chi connectivity index (χ4v) is 3.04. The molecule has 1 aromatic rings. The molecule has 144 valence electrons. The van der Waals surface area contributed by atoms with E-state index in [1.54, 1.807) is 6.92 Å².